The van der Waals surface area contributed by atoms with Gasteiger partial charge in [0.2, 0.25) is 0 Å². The molecule has 0 aromatic heterocycles. The van der Waals surface area contributed by atoms with Gasteiger partial charge >= 0.3 is 0 Å². The normalized spacial score (nSPS) is 14.2. The summed E-state index contributed by atoms with van der Waals surface area (Å²) < 4.78 is 5.78. The Morgan fingerprint density at radius 2 is 1.68 bits per heavy atom. The molecule has 0 aliphatic heterocycles. The minimum Gasteiger partial charge on any atom is -0.410 e. The largest absolute Gasteiger partial charge is 0.410 e. The monoisotopic (exact) mass is 278 g/mol. The molecule has 0 saturated carbocycles. The molecule has 0 aliphatic carbocycles. The van der Waals surface area contributed by atoms with Crippen LogP contribution >= 0.6 is 0 Å². The Balaban J connectivity index is 2.91. The van der Waals surface area contributed by atoms with Crippen LogP contribution in [0.25, 0.3) is 0 Å². The van der Waals surface area contributed by atoms with Gasteiger partial charge in [-0.05, 0) is 30.6 Å². The van der Waals surface area contributed by atoms with E-state index in [0.29, 0.717) is 0 Å². The lowest BCUT2D eigenvalue weighted by atomic mass is 9.74. The fourth-order valence-electron chi connectivity index (χ4n) is 2.19. The molecule has 0 amide bonds. The number of hydrogen-bond acceptors (Lipinski definition) is 2. The molecule has 0 spiro atoms. The quantitative estimate of drug-likeness (QED) is 0.753. The van der Waals surface area contributed by atoms with Crippen molar-refractivity contribution < 1.29 is 9.22 Å². The van der Waals surface area contributed by atoms with Gasteiger partial charge in [0.1, 0.15) is 0 Å². The molecule has 0 saturated heterocycles. The first-order valence-electron chi connectivity index (χ1n) is 6.83. The second-order valence-electron chi connectivity index (χ2n) is 7.08. The summed E-state index contributed by atoms with van der Waals surface area (Å²) in [5.74, 6) is 0.0752. The minimum absolute atomic E-state index is 0.0960. The molecular formula is C16H26O2Si. The van der Waals surface area contributed by atoms with Crippen molar-refractivity contribution in [1.29, 1.82) is 0 Å². The van der Waals surface area contributed by atoms with E-state index in [1.54, 1.807) is 0 Å². The van der Waals surface area contributed by atoms with E-state index in [1.807, 2.05) is 30.3 Å². The topological polar surface area (TPSA) is 26.3 Å². The average molecular weight is 278 g/mol. The molecule has 1 unspecified atom stereocenters. The fraction of sp³-hybridized carbons (Fsp3) is 0.562. The maximum Gasteiger partial charge on any atom is 0.184 e. The van der Waals surface area contributed by atoms with Gasteiger partial charge in [0.25, 0.3) is 0 Å². The SMILES string of the molecule is CC(C)(C)C(C(=O)CO[Si](C)(C)C)c1ccccc1. The molecule has 0 heterocycles. The number of ketones is 1. The summed E-state index contributed by atoms with van der Waals surface area (Å²) in [6.45, 7) is 12.9. The summed E-state index contributed by atoms with van der Waals surface area (Å²) in [7, 11) is -1.65. The molecule has 1 rings (SSSR count). The Morgan fingerprint density at radius 1 is 1.16 bits per heavy atom. The highest BCUT2D eigenvalue weighted by Crippen LogP contribution is 2.35. The second kappa shape index (κ2) is 6.01. The van der Waals surface area contributed by atoms with Gasteiger partial charge in [-0.3, -0.25) is 4.79 Å². The molecule has 106 valence electrons. The van der Waals surface area contributed by atoms with Gasteiger partial charge in [-0.15, -0.1) is 0 Å². The third-order valence-electron chi connectivity index (χ3n) is 2.97. The molecule has 0 aliphatic rings. The van der Waals surface area contributed by atoms with E-state index in [9.17, 15) is 4.79 Å². The van der Waals surface area contributed by atoms with E-state index in [0.717, 1.165) is 5.56 Å². The fourth-order valence-corrected chi connectivity index (χ4v) is 2.76. The maximum atomic E-state index is 12.5. The lowest BCUT2D eigenvalue weighted by Crippen LogP contribution is -2.34. The van der Waals surface area contributed by atoms with Gasteiger partial charge in [-0.25, -0.2) is 0 Å². The predicted octanol–water partition coefficient (Wildman–Crippen LogP) is 4.24. The van der Waals surface area contributed by atoms with Crippen molar-refractivity contribution >= 4 is 14.1 Å². The maximum absolute atomic E-state index is 12.5. The van der Waals surface area contributed by atoms with Crippen LogP contribution in [-0.4, -0.2) is 20.7 Å². The smallest absolute Gasteiger partial charge is 0.184 e. The molecule has 2 nitrogen and oxygen atoms in total. The number of carbonyl (C=O) groups is 1. The average Bonchev–Trinajstić information content (AvgIpc) is 2.25. The second-order valence-corrected chi connectivity index (χ2v) is 11.6. The molecule has 19 heavy (non-hydrogen) atoms. The van der Waals surface area contributed by atoms with Gasteiger partial charge in [-0.1, -0.05) is 51.1 Å². The van der Waals surface area contributed by atoms with Crippen molar-refractivity contribution in [2.24, 2.45) is 5.41 Å². The van der Waals surface area contributed by atoms with Gasteiger partial charge < -0.3 is 4.43 Å². The van der Waals surface area contributed by atoms with Crippen molar-refractivity contribution in [2.75, 3.05) is 6.61 Å². The minimum atomic E-state index is -1.65. The van der Waals surface area contributed by atoms with Crippen LogP contribution in [0, 0.1) is 5.41 Å². The first kappa shape index (κ1) is 16.1. The molecule has 3 heteroatoms. The summed E-state index contributed by atoms with van der Waals surface area (Å²) >= 11 is 0. The van der Waals surface area contributed by atoms with Crippen molar-refractivity contribution in [3.8, 4) is 0 Å². The summed E-state index contributed by atoms with van der Waals surface area (Å²) in [6, 6.07) is 10.0. The number of Topliss-reactive ketones (excluding diaryl/α,β-unsaturated/α-hetero) is 1. The van der Waals surface area contributed by atoms with Crippen molar-refractivity contribution in [2.45, 2.75) is 46.3 Å². The van der Waals surface area contributed by atoms with E-state index >= 15 is 0 Å². The van der Waals surface area contributed by atoms with E-state index in [1.165, 1.54) is 0 Å². The molecule has 0 N–H and O–H groups in total. The zero-order valence-electron chi connectivity index (χ0n) is 13.0. The summed E-state index contributed by atoms with van der Waals surface area (Å²) in [5, 5.41) is 0. The molecule has 1 aromatic rings. The van der Waals surface area contributed by atoms with Crippen LogP contribution in [0.4, 0.5) is 0 Å². The molecule has 0 bridgehead atoms. The number of hydrogen-bond donors (Lipinski definition) is 0. The predicted molar refractivity (Wildman–Crippen MR) is 82.9 cm³/mol. The number of rotatable bonds is 5. The van der Waals surface area contributed by atoms with E-state index in [4.69, 9.17) is 4.43 Å². The van der Waals surface area contributed by atoms with Crippen LogP contribution in [-0.2, 0) is 9.22 Å². The standard InChI is InChI=1S/C16H26O2Si/c1-16(2,3)15(13-10-8-7-9-11-13)14(17)12-18-19(4,5)6/h7-11,15H,12H2,1-6H3. The molecule has 1 atom stereocenters. The van der Waals surface area contributed by atoms with E-state index in [2.05, 4.69) is 40.4 Å². The Labute approximate surface area is 118 Å². The molecule has 0 radical (unpaired) electrons. The summed E-state index contributed by atoms with van der Waals surface area (Å²) in [4.78, 5) is 12.5. The van der Waals surface area contributed by atoms with Crippen LogP contribution in [0.3, 0.4) is 0 Å². The Morgan fingerprint density at radius 3 is 2.11 bits per heavy atom. The summed E-state index contributed by atoms with van der Waals surface area (Å²) in [6.07, 6.45) is 0. The van der Waals surface area contributed by atoms with Crippen molar-refractivity contribution in [3.63, 3.8) is 0 Å². The molecule has 1 aromatic carbocycles. The first-order chi connectivity index (χ1) is 8.61. The molecular weight excluding hydrogens is 252 g/mol. The first-order valence-corrected chi connectivity index (χ1v) is 10.2. The highest BCUT2D eigenvalue weighted by molar-refractivity contribution is 6.69. The number of benzene rings is 1. The highest BCUT2D eigenvalue weighted by Gasteiger charge is 2.33. The summed E-state index contributed by atoms with van der Waals surface area (Å²) in [5.41, 5.74) is 0.987. The van der Waals surface area contributed by atoms with Gasteiger partial charge in [0.15, 0.2) is 14.1 Å². The van der Waals surface area contributed by atoms with Gasteiger partial charge in [-0.2, -0.15) is 0 Å². The molecule has 0 fully saturated rings. The van der Waals surface area contributed by atoms with E-state index in [-0.39, 0.29) is 23.7 Å². The van der Waals surface area contributed by atoms with Crippen LogP contribution in [0.15, 0.2) is 30.3 Å². The number of carbonyl (C=O) groups excluding carboxylic acids is 1. The van der Waals surface area contributed by atoms with Gasteiger partial charge in [0, 0.05) is 5.92 Å². The third-order valence-corrected chi connectivity index (χ3v) is 3.98. The van der Waals surface area contributed by atoms with Crippen molar-refractivity contribution in [3.05, 3.63) is 35.9 Å². The van der Waals surface area contributed by atoms with E-state index < -0.39 is 8.32 Å². The van der Waals surface area contributed by atoms with Crippen LogP contribution in [0.1, 0.15) is 32.3 Å². The van der Waals surface area contributed by atoms with Crippen LogP contribution in [0.2, 0.25) is 19.6 Å². The zero-order valence-corrected chi connectivity index (χ0v) is 14.0. The Kier molecular flexibility index (Phi) is 5.10. The highest BCUT2D eigenvalue weighted by atomic mass is 28.4. The lowest BCUT2D eigenvalue weighted by molar-refractivity contribution is -0.125. The lowest BCUT2D eigenvalue weighted by Gasteiger charge is -2.31. The van der Waals surface area contributed by atoms with Gasteiger partial charge in [0.05, 0.1) is 6.61 Å². The Hall–Kier alpha value is -0.933. The Bertz CT molecular complexity index is 413. The van der Waals surface area contributed by atoms with Crippen LogP contribution < -0.4 is 0 Å². The van der Waals surface area contributed by atoms with Crippen LogP contribution in [0.5, 0.6) is 0 Å². The zero-order chi connectivity index (χ0) is 14.7. The third kappa shape index (κ3) is 5.29. The van der Waals surface area contributed by atoms with Crippen molar-refractivity contribution in [1.82, 2.24) is 0 Å².